The lowest BCUT2D eigenvalue weighted by Crippen LogP contribution is -2.35. The molecule has 0 heterocycles. The Labute approximate surface area is 354 Å². The maximum absolute atomic E-state index is 12.8. The van der Waals surface area contributed by atoms with E-state index in [2.05, 4.69) is 13.8 Å². The van der Waals surface area contributed by atoms with Crippen molar-refractivity contribution in [3.05, 3.63) is 92.0 Å². The fourth-order valence-electron chi connectivity index (χ4n) is 4.85. The number of alkyl halides is 4. The number of halogens is 5. The van der Waals surface area contributed by atoms with Crippen molar-refractivity contribution in [2.75, 3.05) is 44.1 Å². The highest BCUT2D eigenvalue weighted by molar-refractivity contribution is 7.57. The van der Waals surface area contributed by atoms with Crippen LogP contribution in [0.5, 0.6) is 11.5 Å². The Kier molecular flexibility index (Phi) is 22.3. The third-order valence-electron chi connectivity index (χ3n) is 7.85. The molecule has 3 aromatic rings. The number of carbonyl (C=O) groups excluding carboxylic acids is 3. The van der Waals surface area contributed by atoms with Gasteiger partial charge in [0.1, 0.15) is 35.7 Å². The molecule has 1 amide bonds. The van der Waals surface area contributed by atoms with Crippen molar-refractivity contribution >= 4 is 65.8 Å². The molecule has 4 N–H and O–H groups in total. The second-order valence-electron chi connectivity index (χ2n) is 12.5. The van der Waals surface area contributed by atoms with Crippen LogP contribution in [0.2, 0.25) is 5.02 Å². The zero-order valence-corrected chi connectivity index (χ0v) is 35.9. The van der Waals surface area contributed by atoms with E-state index >= 15 is 0 Å². The van der Waals surface area contributed by atoms with Crippen molar-refractivity contribution in [2.24, 2.45) is 5.73 Å². The van der Waals surface area contributed by atoms with Crippen LogP contribution in [0.1, 0.15) is 61.2 Å². The number of para-hydroxylation sites is 1. The van der Waals surface area contributed by atoms with Crippen LogP contribution in [-0.2, 0) is 52.2 Å². The lowest BCUT2D eigenvalue weighted by Gasteiger charge is -2.26. The molecular weight excluding hydrogens is 865 g/mol. The Bertz CT molecular complexity index is 1980. The third kappa shape index (κ3) is 17.4. The summed E-state index contributed by atoms with van der Waals surface area (Å²) < 4.78 is 69.0. The number of carbonyl (C=O) groups is 4. The van der Waals surface area contributed by atoms with Crippen LogP contribution >= 0.6 is 30.6 Å². The van der Waals surface area contributed by atoms with Crippen molar-refractivity contribution in [1.82, 2.24) is 0 Å². The molecule has 0 radical (unpaired) electrons. The van der Waals surface area contributed by atoms with E-state index in [1.807, 2.05) is 18.2 Å². The Hall–Kier alpha value is -4.78. The molecule has 22 heteroatoms. The summed E-state index contributed by atoms with van der Waals surface area (Å²) in [6.07, 6.45) is -4.19. The van der Waals surface area contributed by atoms with E-state index in [0.29, 0.717) is 6.07 Å². The van der Waals surface area contributed by atoms with Gasteiger partial charge in [-0.15, -0.1) is 11.6 Å². The number of nitro groups is 1. The predicted octanol–water partition coefficient (Wildman–Crippen LogP) is 7.84. The largest absolute Gasteiger partial charge is 0.480 e. The number of benzene rings is 3. The number of ether oxygens (including phenoxy) is 4. The molecule has 0 aliphatic carbocycles. The summed E-state index contributed by atoms with van der Waals surface area (Å²) >= 11 is 11.5. The lowest BCUT2D eigenvalue weighted by atomic mass is 10.0. The molecule has 0 aliphatic rings. The zero-order valence-electron chi connectivity index (χ0n) is 33.5. The van der Waals surface area contributed by atoms with Gasteiger partial charge >= 0.3 is 24.1 Å². The Morgan fingerprint density at radius 2 is 1.63 bits per heavy atom. The number of hydrogen-bond donors (Lipinski definition) is 3. The van der Waals surface area contributed by atoms with E-state index in [0.717, 1.165) is 60.0 Å². The molecule has 3 unspecified atom stereocenters. The number of methoxy groups -OCH3 is 1. The number of nitrogens with two attached hydrogens (primary N) is 1. The molecule has 0 spiro atoms. The average molecular weight is 913 g/mol. The summed E-state index contributed by atoms with van der Waals surface area (Å²) in [7, 11) is -1.52. The first-order chi connectivity index (χ1) is 27.9. The third-order valence-corrected chi connectivity index (χ3v) is 9.47. The summed E-state index contributed by atoms with van der Waals surface area (Å²) in [5, 5.41) is 19.2. The maximum atomic E-state index is 12.8. The summed E-state index contributed by atoms with van der Waals surface area (Å²) in [6, 6.07) is 10.4. The fourth-order valence-corrected chi connectivity index (χ4v) is 5.97. The van der Waals surface area contributed by atoms with Gasteiger partial charge in [0.2, 0.25) is 5.91 Å². The van der Waals surface area contributed by atoms with E-state index in [9.17, 15) is 47.0 Å². The number of rotatable bonds is 17. The number of carboxylic acids is 1. The first kappa shape index (κ1) is 53.2. The summed E-state index contributed by atoms with van der Waals surface area (Å²) in [5.41, 5.74) is 6.17. The molecule has 0 aromatic heterocycles. The summed E-state index contributed by atoms with van der Waals surface area (Å²) in [6.45, 7) is 8.38. The van der Waals surface area contributed by atoms with Gasteiger partial charge in [-0.3, -0.25) is 29.2 Å². The van der Waals surface area contributed by atoms with E-state index in [4.69, 9.17) is 57.9 Å². The highest BCUT2D eigenvalue weighted by atomic mass is 35.5. The number of hydrogen-bond acceptors (Lipinski definition) is 12. The number of esters is 2. The van der Waals surface area contributed by atoms with Crippen molar-refractivity contribution in [3.8, 4) is 11.5 Å². The van der Waals surface area contributed by atoms with E-state index in [1.165, 1.54) is 13.6 Å². The van der Waals surface area contributed by atoms with Gasteiger partial charge in [0.05, 0.1) is 27.8 Å². The maximum Gasteiger partial charge on any atom is 0.416 e. The van der Waals surface area contributed by atoms with Gasteiger partial charge < -0.3 is 34.7 Å². The van der Waals surface area contributed by atoms with E-state index < -0.39 is 65.3 Å². The van der Waals surface area contributed by atoms with Crippen LogP contribution in [-0.4, -0.2) is 90.0 Å². The quantitative estimate of drug-likeness (QED) is 0.0292. The van der Waals surface area contributed by atoms with E-state index in [1.54, 1.807) is 18.9 Å². The highest BCUT2D eigenvalue weighted by Gasteiger charge is 2.31. The van der Waals surface area contributed by atoms with Crippen LogP contribution < -0.4 is 15.4 Å². The standard InChI is InChI=1S/C19H15ClF3NO7.C14H20ClNO2.C5H12NO4P/c1-3-29-17(25)10(2)30-18(26)13-9-12(5-6-15(13)24(27)28)31-16-7-4-11(8-14(16)20)19(21,22)23;1-4-11-7-6-8-12(5-2)14(11)16(10-18-3)13(17)9-15;1-11(9,10)3-2-4(6)5(7)8/h4-10H,3H2,1-2H3;6-8H,4-5,9-10H2,1-3H3;4H,2-3,6H2,1H3,(H,7,8)(H,9,10). The van der Waals surface area contributed by atoms with Crippen LogP contribution in [0.4, 0.5) is 24.5 Å². The Morgan fingerprint density at radius 3 is 2.08 bits per heavy atom. The topological polar surface area (TPSA) is 235 Å². The molecule has 0 fully saturated rings. The van der Waals surface area contributed by atoms with Gasteiger partial charge in [-0.05, 0) is 68.5 Å². The van der Waals surface area contributed by atoms with Crippen LogP contribution in [0, 0.1) is 10.1 Å². The second kappa shape index (κ2) is 25.1. The number of carboxylic acid groups (broad SMARTS) is 1. The van der Waals surface area contributed by atoms with Gasteiger partial charge in [-0.1, -0.05) is 43.6 Å². The van der Waals surface area contributed by atoms with Crippen molar-refractivity contribution < 1.29 is 70.8 Å². The Balaban J connectivity index is 0.000000521. The van der Waals surface area contributed by atoms with Gasteiger partial charge in [0.15, 0.2) is 13.5 Å². The molecule has 0 bridgehead atoms. The molecular formula is C38H47Cl2F3N3O13P. The minimum atomic E-state index is -4.61. The molecule has 3 atom stereocenters. The first-order valence-corrected chi connectivity index (χ1v) is 21.1. The van der Waals surface area contributed by atoms with Crippen molar-refractivity contribution in [1.29, 1.82) is 0 Å². The monoisotopic (exact) mass is 911 g/mol. The number of aliphatic carboxylic acids is 1. The second-order valence-corrected chi connectivity index (χ2v) is 15.7. The SMILES string of the molecule is CCOC(=O)C(C)OC(=O)c1cc(Oc2ccc(C(F)(F)F)cc2Cl)ccc1[N+](=O)[O-].CCc1cccc(CC)c1N(COC)C(=O)CCl.CP(=O)(O)CCC(N)C(=O)O. The molecule has 3 rings (SSSR count). The number of nitro benzene ring substituents is 1. The minimum Gasteiger partial charge on any atom is -0.480 e. The van der Waals surface area contributed by atoms with Crippen molar-refractivity contribution in [3.63, 3.8) is 0 Å². The molecule has 60 heavy (non-hydrogen) atoms. The fraction of sp³-hybridized carbons (Fsp3) is 0.421. The predicted molar refractivity (Wildman–Crippen MR) is 217 cm³/mol. The molecule has 16 nitrogen and oxygen atoms in total. The molecule has 0 saturated carbocycles. The first-order valence-electron chi connectivity index (χ1n) is 17.9. The van der Waals surface area contributed by atoms with Crippen molar-refractivity contribution in [2.45, 2.75) is 65.3 Å². The van der Waals surface area contributed by atoms with Crippen LogP contribution in [0.15, 0.2) is 54.6 Å². The summed E-state index contributed by atoms with van der Waals surface area (Å²) in [5.74, 6) is -3.66. The van der Waals surface area contributed by atoms with Gasteiger partial charge in [0.25, 0.3) is 5.69 Å². The normalized spacial score (nSPS) is 12.8. The molecule has 332 valence electrons. The van der Waals surface area contributed by atoms with Crippen LogP contribution in [0.3, 0.4) is 0 Å². The van der Waals surface area contributed by atoms with Gasteiger partial charge in [-0.2, -0.15) is 13.2 Å². The smallest absolute Gasteiger partial charge is 0.416 e. The van der Waals surface area contributed by atoms with Gasteiger partial charge in [0, 0.05) is 32.1 Å². The molecule has 0 saturated heterocycles. The zero-order chi connectivity index (χ0) is 46.0. The minimum absolute atomic E-state index is 0.0371. The highest BCUT2D eigenvalue weighted by Crippen LogP contribution is 2.38. The molecule has 0 aliphatic heterocycles. The number of nitrogens with zero attached hydrogens (tertiary/aromatic N) is 2. The average Bonchev–Trinajstić information content (AvgIpc) is 3.18. The summed E-state index contributed by atoms with van der Waals surface area (Å²) in [4.78, 5) is 66.8. The number of amides is 1. The number of aryl methyl sites for hydroxylation is 2. The number of anilines is 1. The lowest BCUT2D eigenvalue weighted by molar-refractivity contribution is -0.385. The van der Waals surface area contributed by atoms with Crippen LogP contribution in [0.25, 0.3) is 0 Å². The van der Waals surface area contributed by atoms with E-state index in [-0.39, 0.29) is 54.2 Å². The molecule has 3 aromatic carbocycles. The van der Waals surface area contributed by atoms with Gasteiger partial charge in [-0.25, -0.2) is 9.59 Å². The Morgan fingerprint density at radius 1 is 1.03 bits per heavy atom.